The van der Waals surface area contributed by atoms with E-state index in [-0.39, 0.29) is 19.0 Å². The van der Waals surface area contributed by atoms with Crippen LogP contribution in [-0.2, 0) is 4.79 Å². The van der Waals surface area contributed by atoms with Crippen molar-refractivity contribution in [1.29, 1.82) is 0 Å². The number of rotatable bonds is 2. The molecule has 0 aliphatic carbocycles. The van der Waals surface area contributed by atoms with Crippen molar-refractivity contribution in [3.8, 4) is 0 Å². The van der Waals surface area contributed by atoms with Crippen LogP contribution in [0.25, 0.3) is 0 Å². The minimum absolute atomic E-state index is 0.0841. The van der Waals surface area contributed by atoms with Gasteiger partial charge in [0.2, 0.25) is 5.91 Å². The summed E-state index contributed by atoms with van der Waals surface area (Å²) in [5, 5.41) is 0. The van der Waals surface area contributed by atoms with E-state index >= 15 is 0 Å². The molecular formula is C9H16F3N3O. The maximum absolute atomic E-state index is 12.2. The molecule has 1 rings (SSSR count). The van der Waals surface area contributed by atoms with Crippen LogP contribution in [0.5, 0.6) is 0 Å². The highest BCUT2D eigenvalue weighted by Gasteiger charge is 2.31. The monoisotopic (exact) mass is 239 g/mol. The Kier molecular flexibility index (Phi) is 4.55. The molecule has 0 aromatic heterocycles. The van der Waals surface area contributed by atoms with Crippen molar-refractivity contribution in [3.05, 3.63) is 0 Å². The van der Waals surface area contributed by atoms with Gasteiger partial charge in [-0.3, -0.25) is 9.69 Å². The maximum atomic E-state index is 12.2. The molecule has 1 aliphatic heterocycles. The molecule has 0 bridgehead atoms. The van der Waals surface area contributed by atoms with Gasteiger partial charge in [0.05, 0.1) is 13.1 Å². The summed E-state index contributed by atoms with van der Waals surface area (Å²) in [6.45, 7) is 0.451. The van der Waals surface area contributed by atoms with E-state index in [4.69, 9.17) is 5.73 Å². The summed E-state index contributed by atoms with van der Waals surface area (Å²) >= 11 is 0. The smallest absolute Gasteiger partial charge is 0.340 e. The average molecular weight is 239 g/mol. The molecule has 0 radical (unpaired) electrons. The largest absolute Gasteiger partial charge is 0.401 e. The van der Waals surface area contributed by atoms with E-state index in [0.29, 0.717) is 26.1 Å². The van der Waals surface area contributed by atoms with Crippen molar-refractivity contribution in [1.82, 2.24) is 9.80 Å². The van der Waals surface area contributed by atoms with E-state index in [1.165, 1.54) is 9.80 Å². The van der Waals surface area contributed by atoms with Crippen LogP contribution in [0.1, 0.15) is 6.42 Å². The van der Waals surface area contributed by atoms with Gasteiger partial charge in [-0.2, -0.15) is 13.2 Å². The third-order valence-electron chi connectivity index (χ3n) is 2.52. The highest BCUT2D eigenvalue weighted by molar-refractivity contribution is 5.78. The van der Waals surface area contributed by atoms with E-state index in [9.17, 15) is 18.0 Å². The lowest BCUT2D eigenvalue weighted by molar-refractivity contribution is -0.145. The lowest BCUT2D eigenvalue weighted by Crippen LogP contribution is -2.40. The Balaban J connectivity index is 2.43. The van der Waals surface area contributed by atoms with Crippen LogP contribution < -0.4 is 5.73 Å². The summed E-state index contributed by atoms with van der Waals surface area (Å²) in [7, 11) is 0. The van der Waals surface area contributed by atoms with Crippen LogP contribution in [0, 0.1) is 0 Å². The van der Waals surface area contributed by atoms with Gasteiger partial charge in [-0.15, -0.1) is 0 Å². The van der Waals surface area contributed by atoms with Crippen LogP contribution in [0.3, 0.4) is 0 Å². The molecule has 1 fully saturated rings. The van der Waals surface area contributed by atoms with Gasteiger partial charge in [0.15, 0.2) is 0 Å². The summed E-state index contributed by atoms with van der Waals surface area (Å²) in [5.74, 6) is -0.200. The van der Waals surface area contributed by atoms with Crippen molar-refractivity contribution in [2.24, 2.45) is 5.73 Å². The molecule has 16 heavy (non-hydrogen) atoms. The van der Waals surface area contributed by atoms with Crippen molar-refractivity contribution >= 4 is 5.91 Å². The van der Waals surface area contributed by atoms with Crippen molar-refractivity contribution in [2.45, 2.75) is 12.6 Å². The second-order valence-corrected chi connectivity index (χ2v) is 3.83. The highest BCUT2D eigenvalue weighted by atomic mass is 19.4. The third-order valence-corrected chi connectivity index (χ3v) is 2.52. The zero-order chi connectivity index (χ0) is 12.2. The third kappa shape index (κ3) is 4.36. The number of carbonyl (C=O) groups excluding carboxylic acids is 1. The van der Waals surface area contributed by atoms with Crippen molar-refractivity contribution in [2.75, 3.05) is 39.3 Å². The second-order valence-electron chi connectivity index (χ2n) is 3.83. The number of nitrogens with zero attached hydrogens (tertiary/aromatic N) is 2. The first-order chi connectivity index (χ1) is 7.42. The van der Waals surface area contributed by atoms with E-state index in [1.807, 2.05) is 0 Å². The molecule has 0 spiro atoms. The molecule has 0 aromatic carbocycles. The molecular weight excluding hydrogens is 223 g/mol. The number of hydrogen-bond donors (Lipinski definition) is 1. The molecule has 1 aliphatic rings. The first kappa shape index (κ1) is 13.2. The molecule has 1 heterocycles. The number of carbonyl (C=O) groups is 1. The summed E-state index contributed by atoms with van der Waals surface area (Å²) in [6, 6.07) is 0. The van der Waals surface area contributed by atoms with Gasteiger partial charge in [0.1, 0.15) is 0 Å². The fraction of sp³-hybridized carbons (Fsp3) is 0.889. The van der Waals surface area contributed by atoms with E-state index in [2.05, 4.69) is 0 Å². The summed E-state index contributed by atoms with van der Waals surface area (Å²) < 4.78 is 36.5. The van der Waals surface area contributed by atoms with Crippen LogP contribution in [-0.4, -0.2) is 61.2 Å². The topological polar surface area (TPSA) is 49.6 Å². The molecule has 4 nitrogen and oxygen atoms in total. The van der Waals surface area contributed by atoms with Crippen molar-refractivity contribution < 1.29 is 18.0 Å². The van der Waals surface area contributed by atoms with Crippen LogP contribution in [0.4, 0.5) is 13.2 Å². The van der Waals surface area contributed by atoms with Gasteiger partial charge in [0.25, 0.3) is 0 Å². The van der Waals surface area contributed by atoms with Gasteiger partial charge in [-0.25, -0.2) is 0 Å². The predicted molar refractivity (Wildman–Crippen MR) is 52.7 cm³/mol. The van der Waals surface area contributed by atoms with Gasteiger partial charge in [-0.05, 0) is 6.42 Å². The Labute approximate surface area is 92.2 Å². The molecule has 1 saturated heterocycles. The Morgan fingerprint density at radius 2 is 1.88 bits per heavy atom. The van der Waals surface area contributed by atoms with E-state index in [0.717, 1.165) is 0 Å². The summed E-state index contributed by atoms with van der Waals surface area (Å²) in [6.07, 6.45) is -3.62. The second kappa shape index (κ2) is 5.49. The van der Waals surface area contributed by atoms with Gasteiger partial charge in [0, 0.05) is 26.2 Å². The molecule has 1 amide bonds. The number of hydrogen-bond acceptors (Lipinski definition) is 3. The molecule has 0 saturated carbocycles. The maximum Gasteiger partial charge on any atom is 0.401 e. The van der Waals surface area contributed by atoms with Crippen LogP contribution >= 0.6 is 0 Å². The molecule has 0 atom stereocenters. The minimum Gasteiger partial charge on any atom is -0.340 e. The van der Waals surface area contributed by atoms with Crippen LogP contribution in [0.15, 0.2) is 0 Å². The summed E-state index contributed by atoms with van der Waals surface area (Å²) in [4.78, 5) is 14.1. The molecule has 94 valence electrons. The lowest BCUT2D eigenvalue weighted by atomic mass is 10.3. The fourth-order valence-corrected chi connectivity index (χ4v) is 1.76. The fourth-order valence-electron chi connectivity index (χ4n) is 1.76. The van der Waals surface area contributed by atoms with Gasteiger partial charge in [-0.1, -0.05) is 0 Å². The van der Waals surface area contributed by atoms with E-state index < -0.39 is 12.7 Å². The highest BCUT2D eigenvalue weighted by Crippen LogP contribution is 2.17. The van der Waals surface area contributed by atoms with E-state index in [1.54, 1.807) is 0 Å². The van der Waals surface area contributed by atoms with Gasteiger partial charge < -0.3 is 10.6 Å². The number of halogens is 3. The first-order valence-corrected chi connectivity index (χ1v) is 5.19. The Hall–Kier alpha value is -0.820. The molecule has 0 aromatic rings. The zero-order valence-electron chi connectivity index (χ0n) is 8.96. The molecule has 7 heteroatoms. The average Bonchev–Trinajstić information content (AvgIpc) is 2.40. The Morgan fingerprint density at radius 1 is 1.19 bits per heavy atom. The SMILES string of the molecule is NCC(=O)N1CCCN(CC(F)(F)F)CC1. The normalized spacial score (nSPS) is 19.6. The number of nitrogens with two attached hydrogens (primary N) is 1. The quantitative estimate of drug-likeness (QED) is 0.740. The van der Waals surface area contributed by atoms with Crippen LogP contribution in [0.2, 0.25) is 0 Å². The standard InChI is InChI=1S/C9H16F3N3O/c10-9(11,12)7-14-2-1-3-15(5-4-14)8(16)6-13/h1-7,13H2. The Morgan fingerprint density at radius 3 is 2.44 bits per heavy atom. The Bertz CT molecular complexity index is 245. The minimum atomic E-state index is -4.17. The molecule has 2 N–H and O–H groups in total. The van der Waals surface area contributed by atoms with Crippen molar-refractivity contribution in [3.63, 3.8) is 0 Å². The lowest BCUT2D eigenvalue weighted by Gasteiger charge is -2.22. The number of alkyl halides is 3. The summed E-state index contributed by atoms with van der Waals surface area (Å²) in [5.41, 5.74) is 5.21. The number of amides is 1. The molecule has 0 unspecified atom stereocenters. The zero-order valence-corrected chi connectivity index (χ0v) is 8.96. The predicted octanol–water partition coefficient (Wildman–Crippen LogP) is 0.0417. The first-order valence-electron chi connectivity index (χ1n) is 5.19. The van der Waals surface area contributed by atoms with Gasteiger partial charge >= 0.3 is 6.18 Å².